The average Bonchev–Trinajstić information content (AvgIpc) is 3.79. The summed E-state index contributed by atoms with van der Waals surface area (Å²) in [6.45, 7) is 0. The van der Waals surface area contributed by atoms with Gasteiger partial charge in [-0.05, 0) is 70.8 Å². The third kappa shape index (κ3) is 5.31. The van der Waals surface area contributed by atoms with Crippen molar-refractivity contribution in [3.05, 3.63) is 206 Å². The fourth-order valence-electron chi connectivity index (χ4n) is 8.31. The van der Waals surface area contributed by atoms with E-state index in [9.17, 15) is 0 Å². The van der Waals surface area contributed by atoms with E-state index in [2.05, 4.69) is 191 Å². The Kier molecular flexibility index (Phi) is 7.46. The van der Waals surface area contributed by atoms with Gasteiger partial charge >= 0.3 is 0 Å². The second-order valence-electron chi connectivity index (χ2n) is 14.3. The molecule has 0 amide bonds. The van der Waals surface area contributed by atoms with Gasteiger partial charge in [0.2, 0.25) is 0 Å². The molecule has 0 N–H and O–H groups in total. The Hall–Kier alpha value is -7.56. The van der Waals surface area contributed by atoms with Crippen LogP contribution in [0.4, 0.5) is 0 Å². The van der Waals surface area contributed by atoms with Crippen LogP contribution >= 0.6 is 0 Å². The van der Waals surface area contributed by atoms with Crippen molar-refractivity contribution in [2.24, 2.45) is 0 Å². The maximum atomic E-state index is 5.21. The number of nitrogens with zero attached hydrogens (tertiary/aromatic N) is 4. The molecule has 0 unspecified atom stereocenters. The van der Waals surface area contributed by atoms with Gasteiger partial charge in [-0.1, -0.05) is 152 Å². The Labute approximate surface area is 324 Å². The number of rotatable bonds is 6. The molecule has 0 spiro atoms. The number of hydrogen-bond acceptors (Lipinski definition) is 2. The van der Waals surface area contributed by atoms with Crippen LogP contribution in [0.5, 0.6) is 0 Å². The lowest BCUT2D eigenvalue weighted by Gasteiger charge is -2.12. The van der Waals surface area contributed by atoms with Gasteiger partial charge in [-0.15, -0.1) is 0 Å². The molecule has 0 aliphatic carbocycles. The summed E-state index contributed by atoms with van der Waals surface area (Å²) in [6.07, 6.45) is 0. The summed E-state index contributed by atoms with van der Waals surface area (Å²) in [4.78, 5) is 10.3. The van der Waals surface area contributed by atoms with Crippen molar-refractivity contribution in [3.8, 4) is 56.4 Å². The van der Waals surface area contributed by atoms with Gasteiger partial charge in [0, 0.05) is 44.4 Å². The molecule has 8 aromatic carbocycles. The molecule has 11 aromatic rings. The minimum atomic E-state index is 0.698. The minimum absolute atomic E-state index is 0.698. The van der Waals surface area contributed by atoms with Crippen molar-refractivity contribution >= 4 is 43.6 Å². The zero-order valence-electron chi connectivity index (χ0n) is 30.4. The number of hydrogen-bond donors (Lipinski definition) is 0. The van der Waals surface area contributed by atoms with Crippen LogP contribution in [0.3, 0.4) is 0 Å². The van der Waals surface area contributed by atoms with Gasteiger partial charge in [0.15, 0.2) is 5.82 Å². The first kappa shape index (κ1) is 31.9. The fraction of sp³-hybridized carbons (Fsp3) is 0. The highest BCUT2D eigenvalue weighted by molar-refractivity contribution is 6.12. The van der Waals surface area contributed by atoms with E-state index in [-0.39, 0.29) is 0 Å². The first-order valence-electron chi connectivity index (χ1n) is 19.0. The van der Waals surface area contributed by atoms with E-state index in [0.717, 1.165) is 39.4 Å². The normalized spacial score (nSPS) is 11.6. The summed E-state index contributed by atoms with van der Waals surface area (Å²) in [5.41, 5.74) is 13.4. The van der Waals surface area contributed by atoms with Crippen LogP contribution in [0.25, 0.3) is 100 Å². The number of aromatic nitrogens is 4. The first-order valence-corrected chi connectivity index (χ1v) is 19.0. The van der Waals surface area contributed by atoms with Gasteiger partial charge < -0.3 is 4.57 Å². The highest BCUT2D eigenvalue weighted by Gasteiger charge is 2.18. The quantitative estimate of drug-likeness (QED) is 0.172. The summed E-state index contributed by atoms with van der Waals surface area (Å²) < 4.78 is 4.68. The smallest absolute Gasteiger partial charge is 0.162 e. The van der Waals surface area contributed by atoms with E-state index in [1.807, 2.05) is 24.3 Å². The molecule has 56 heavy (non-hydrogen) atoms. The molecular weight excluding hydrogens is 681 g/mol. The lowest BCUT2D eigenvalue weighted by atomic mass is 10.0. The molecule has 0 radical (unpaired) electrons. The Morgan fingerprint density at radius 3 is 1.41 bits per heavy atom. The maximum absolute atomic E-state index is 5.21. The first-order chi connectivity index (χ1) is 27.8. The Bertz CT molecular complexity index is 3170. The molecule has 0 bridgehead atoms. The number of benzene rings is 8. The van der Waals surface area contributed by atoms with Crippen LogP contribution in [0.15, 0.2) is 206 Å². The maximum Gasteiger partial charge on any atom is 0.162 e. The zero-order chi connectivity index (χ0) is 37.0. The Morgan fingerprint density at radius 2 is 0.768 bits per heavy atom. The van der Waals surface area contributed by atoms with Crippen molar-refractivity contribution in [2.75, 3.05) is 0 Å². The second-order valence-corrected chi connectivity index (χ2v) is 14.3. The van der Waals surface area contributed by atoms with Crippen LogP contribution in [-0.2, 0) is 0 Å². The van der Waals surface area contributed by atoms with Gasteiger partial charge in [-0.2, -0.15) is 0 Å². The molecule has 0 aliphatic heterocycles. The van der Waals surface area contributed by atoms with Gasteiger partial charge in [0.05, 0.1) is 27.8 Å². The molecule has 4 heteroatoms. The molecule has 0 fully saturated rings. The van der Waals surface area contributed by atoms with Crippen molar-refractivity contribution in [1.82, 2.24) is 19.1 Å². The van der Waals surface area contributed by atoms with Crippen molar-refractivity contribution < 1.29 is 0 Å². The summed E-state index contributed by atoms with van der Waals surface area (Å²) in [7, 11) is 0. The highest BCUT2D eigenvalue weighted by Crippen LogP contribution is 2.39. The predicted octanol–water partition coefficient (Wildman–Crippen LogP) is 13.3. The highest BCUT2D eigenvalue weighted by atomic mass is 15.1. The lowest BCUT2D eigenvalue weighted by Crippen LogP contribution is -2.02. The average molecular weight is 715 g/mol. The summed E-state index contributed by atoms with van der Waals surface area (Å²) >= 11 is 0. The third-order valence-corrected chi connectivity index (χ3v) is 10.9. The molecule has 0 atom stereocenters. The third-order valence-electron chi connectivity index (χ3n) is 10.9. The van der Waals surface area contributed by atoms with E-state index in [1.165, 1.54) is 54.8 Å². The van der Waals surface area contributed by atoms with Crippen LogP contribution in [0, 0.1) is 0 Å². The Morgan fingerprint density at radius 1 is 0.286 bits per heavy atom. The Balaban J connectivity index is 1.07. The molecule has 11 rings (SSSR count). The van der Waals surface area contributed by atoms with E-state index in [4.69, 9.17) is 9.97 Å². The van der Waals surface area contributed by atoms with E-state index in [1.54, 1.807) is 0 Å². The topological polar surface area (TPSA) is 35.6 Å². The van der Waals surface area contributed by atoms with E-state index in [0.29, 0.717) is 5.82 Å². The predicted molar refractivity (Wildman–Crippen MR) is 232 cm³/mol. The SMILES string of the molecule is c1ccc(-c2cccc(-n3c4ccccc4c4cc(-c5ccc6c(c5)c5ccccc5n6-c5cc(-c6ccccc6)nc(-c6ccccc6)n5)ccc43)c2)cc1. The molecule has 4 nitrogen and oxygen atoms in total. The number of para-hydroxylation sites is 2. The molecule has 3 heterocycles. The lowest BCUT2D eigenvalue weighted by molar-refractivity contribution is 1.05. The van der Waals surface area contributed by atoms with Crippen LogP contribution < -0.4 is 0 Å². The van der Waals surface area contributed by atoms with E-state index >= 15 is 0 Å². The van der Waals surface area contributed by atoms with Crippen molar-refractivity contribution in [3.63, 3.8) is 0 Å². The summed E-state index contributed by atoms with van der Waals surface area (Å²) in [5, 5.41) is 4.83. The largest absolute Gasteiger partial charge is 0.309 e. The fourth-order valence-corrected chi connectivity index (χ4v) is 8.31. The van der Waals surface area contributed by atoms with Crippen LogP contribution in [0.2, 0.25) is 0 Å². The van der Waals surface area contributed by atoms with Crippen molar-refractivity contribution in [1.29, 1.82) is 0 Å². The minimum Gasteiger partial charge on any atom is -0.309 e. The molecule has 3 aromatic heterocycles. The van der Waals surface area contributed by atoms with Gasteiger partial charge in [-0.3, -0.25) is 4.57 Å². The molecule has 0 saturated heterocycles. The van der Waals surface area contributed by atoms with Gasteiger partial charge in [0.1, 0.15) is 5.82 Å². The second kappa shape index (κ2) is 13.1. The molecule has 0 aliphatic rings. The monoisotopic (exact) mass is 714 g/mol. The standard InChI is InChI=1S/C52H34N4/c1-4-15-35(16-5-1)38-21-14-22-41(31-38)55-47-25-12-10-23-42(47)44-32-39(27-29-49(44)55)40-28-30-50-45(33-40)43-24-11-13-26-48(43)56(50)51-34-46(36-17-6-2-7-18-36)53-52(54-51)37-19-8-3-9-20-37/h1-34H. The zero-order valence-corrected chi connectivity index (χ0v) is 30.4. The summed E-state index contributed by atoms with van der Waals surface area (Å²) in [5.74, 6) is 1.53. The van der Waals surface area contributed by atoms with Crippen molar-refractivity contribution in [2.45, 2.75) is 0 Å². The van der Waals surface area contributed by atoms with E-state index < -0.39 is 0 Å². The van der Waals surface area contributed by atoms with Gasteiger partial charge in [-0.25, -0.2) is 9.97 Å². The summed E-state index contributed by atoms with van der Waals surface area (Å²) in [6, 6.07) is 73.3. The van der Waals surface area contributed by atoms with Gasteiger partial charge in [0.25, 0.3) is 0 Å². The van der Waals surface area contributed by atoms with Crippen LogP contribution in [0.1, 0.15) is 0 Å². The molecule has 262 valence electrons. The molecule has 0 saturated carbocycles. The number of fused-ring (bicyclic) bond motifs is 6. The molecular formula is C52H34N4. The van der Waals surface area contributed by atoms with Crippen LogP contribution in [-0.4, -0.2) is 19.1 Å².